The zero-order chi connectivity index (χ0) is 12.1. The average molecular weight is 234 g/mol. The van der Waals surface area contributed by atoms with Crippen LogP contribution in [0.5, 0.6) is 0 Å². The molecule has 0 aliphatic carbocycles. The standard InChI is InChI=1S/C12H14N2O3/c15-8-10(11-4-2-6-17-11)14-12(16)7-9-3-1-5-13-9/h1-6,10,13,15H,7-8H2,(H,14,16). The van der Waals surface area contributed by atoms with Gasteiger partial charge in [0.15, 0.2) is 0 Å². The summed E-state index contributed by atoms with van der Waals surface area (Å²) >= 11 is 0. The van der Waals surface area contributed by atoms with Crippen LogP contribution in [-0.2, 0) is 11.2 Å². The second-order valence-electron chi connectivity index (χ2n) is 3.69. The summed E-state index contributed by atoms with van der Waals surface area (Å²) in [6.07, 6.45) is 3.53. The van der Waals surface area contributed by atoms with E-state index in [-0.39, 0.29) is 18.9 Å². The number of aliphatic hydroxyl groups excluding tert-OH is 1. The van der Waals surface area contributed by atoms with Crippen molar-refractivity contribution in [2.75, 3.05) is 6.61 Å². The Hall–Kier alpha value is -2.01. The van der Waals surface area contributed by atoms with E-state index in [2.05, 4.69) is 10.3 Å². The van der Waals surface area contributed by atoms with Crippen molar-refractivity contribution in [2.45, 2.75) is 12.5 Å². The van der Waals surface area contributed by atoms with E-state index in [0.29, 0.717) is 5.76 Å². The van der Waals surface area contributed by atoms with E-state index in [1.54, 1.807) is 18.3 Å². The molecule has 0 saturated heterocycles. The summed E-state index contributed by atoms with van der Waals surface area (Å²) in [7, 11) is 0. The second-order valence-corrected chi connectivity index (χ2v) is 3.69. The number of rotatable bonds is 5. The fourth-order valence-electron chi connectivity index (χ4n) is 1.59. The highest BCUT2D eigenvalue weighted by Crippen LogP contribution is 2.12. The molecule has 2 aromatic rings. The zero-order valence-corrected chi connectivity index (χ0v) is 9.22. The van der Waals surface area contributed by atoms with E-state index in [0.717, 1.165) is 5.69 Å². The van der Waals surface area contributed by atoms with Crippen molar-refractivity contribution in [3.63, 3.8) is 0 Å². The van der Waals surface area contributed by atoms with Crippen molar-refractivity contribution < 1.29 is 14.3 Å². The first-order valence-corrected chi connectivity index (χ1v) is 5.35. The zero-order valence-electron chi connectivity index (χ0n) is 9.22. The Morgan fingerprint density at radius 2 is 2.35 bits per heavy atom. The van der Waals surface area contributed by atoms with Gasteiger partial charge < -0.3 is 19.8 Å². The summed E-state index contributed by atoms with van der Waals surface area (Å²) < 4.78 is 5.14. The molecule has 17 heavy (non-hydrogen) atoms. The number of hydrogen-bond donors (Lipinski definition) is 3. The van der Waals surface area contributed by atoms with Crippen LogP contribution in [0.1, 0.15) is 17.5 Å². The van der Waals surface area contributed by atoms with E-state index >= 15 is 0 Å². The topological polar surface area (TPSA) is 78.3 Å². The van der Waals surface area contributed by atoms with Gasteiger partial charge in [0.2, 0.25) is 5.91 Å². The van der Waals surface area contributed by atoms with Gasteiger partial charge in [-0.25, -0.2) is 0 Å². The Morgan fingerprint density at radius 3 is 2.94 bits per heavy atom. The van der Waals surface area contributed by atoms with Crippen LogP contribution in [0, 0.1) is 0 Å². The number of nitrogens with one attached hydrogen (secondary N) is 2. The molecule has 3 N–H and O–H groups in total. The van der Waals surface area contributed by atoms with Crippen LogP contribution in [-0.4, -0.2) is 22.6 Å². The molecule has 2 aromatic heterocycles. The van der Waals surface area contributed by atoms with Crippen LogP contribution in [0.3, 0.4) is 0 Å². The number of aliphatic hydroxyl groups is 1. The van der Waals surface area contributed by atoms with Crippen molar-refractivity contribution >= 4 is 5.91 Å². The Kier molecular flexibility index (Phi) is 3.62. The van der Waals surface area contributed by atoms with E-state index < -0.39 is 6.04 Å². The number of hydrogen-bond acceptors (Lipinski definition) is 3. The maximum atomic E-state index is 11.7. The molecular formula is C12H14N2O3. The van der Waals surface area contributed by atoms with Crippen molar-refractivity contribution in [3.8, 4) is 0 Å². The molecule has 0 spiro atoms. The molecule has 1 amide bonds. The lowest BCUT2D eigenvalue weighted by Crippen LogP contribution is -2.31. The van der Waals surface area contributed by atoms with E-state index in [9.17, 15) is 9.90 Å². The van der Waals surface area contributed by atoms with Crippen LogP contribution in [0.25, 0.3) is 0 Å². The smallest absolute Gasteiger partial charge is 0.226 e. The predicted molar refractivity (Wildman–Crippen MR) is 61.2 cm³/mol. The molecular weight excluding hydrogens is 220 g/mol. The van der Waals surface area contributed by atoms with Crippen LogP contribution >= 0.6 is 0 Å². The van der Waals surface area contributed by atoms with Crippen molar-refractivity contribution in [1.82, 2.24) is 10.3 Å². The monoisotopic (exact) mass is 234 g/mol. The maximum Gasteiger partial charge on any atom is 0.226 e. The number of carbonyl (C=O) groups is 1. The maximum absolute atomic E-state index is 11.7. The lowest BCUT2D eigenvalue weighted by atomic mass is 10.2. The average Bonchev–Trinajstić information content (AvgIpc) is 2.97. The molecule has 0 radical (unpaired) electrons. The third-order valence-corrected chi connectivity index (χ3v) is 2.42. The number of carbonyl (C=O) groups excluding carboxylic acids is 1. The Balaban J connectivity index is 1.93. The molecule has 2 rings (SSSR count). The normalized spacial score (nSPS) is 12.3. The minimum Gasteiger partial charge on any atom is -0.467 e. The molecule has 0 aliphatic rings. The fraction of sp³-hybridized carbons (Fsp3) is 0.250. The lowest BCUT2D eigenvalue weighted by molar-refractivity contribution is -0.121. The molecule has 2 heterocycles. The van der Waals surface area contributed by atoms with Crippen LogP contribution < -0.4 is 5.32 Å². The van der Waals surface area contributed by atoms with Crippen molar-refractivity contribution in [1.29, 1.82) is 0 Å². The number of amides is 1. The molecule has 0 fully saturated rings. The molecule has 5 nitrogen and oxygen atoms in total. The fourth-order valence-corrected chi connectivity index (χ4v) is 1.59. The first-order valence-electron chi connectivity index (χ1n) is 5.35. The lowest BCUT2D eigenvalue weighted by Gasteiger charge is -2.13. The molecule has 90 valence electrons. The summed E-state index contributed by atoms with van der Waals surface area (Å²) in [6, 6.07) is 6.61. The van der Waals surface area contributed by atoms with E-state index in [1.165, 1.54) is 6.26 Å². The van der Waals surface area contributed by atoms with Crippen molar-refractivity contribution in [3.05, 3.63) is 48.2 Å². The van der Waals surface area contributed by atoms with Gasteiger partial charge in [-0.3, -0.25) is 4.79 Å². The Morgan fingerprint density at radius 1 is 1.47 bits per heavy atom. The summed E-state index contributed by atoms with van der Waals surface area (Å²) in [6.45, 7) is -0.190. The van der Waals surface area contributed by atoms with Crippen LogP contribution in [0.15, 0.2) is 41.1 Å². The van der Waals surface area contributed by atoms with Gasteiger partial charge in [-0.1, -0.05) is 0 Å². The summed E-state index contributed by atoms with van der Waals surface area (Å²) in [5.41, 5.74) is 0.832. The molecule has 1 unspecified atom stereocenters. The van der Waals surface area contributed by atoms with Gasteiger partial charge in [-0.05, 0) is 24.3 Å². The number of aromatic nitrogens is 1. The molecule has 1 atom stereocenters. The first kappa shape index (κ1) is 11.5. The van der Waals surface area contributed by atoms with Gasteiger partial charge >= 0.3 is 0 Å². The number of aromatic amines is 1. The molecule has 5 heteroatoms. The van der Waals surface area contributed by atoms with Gasteiger partial charge in [0.1, 0.15) is 11.8 Å². The van der Waals surface area contributed by atoms with Gasteiger partial charge in [0.05, 0.1) is 19.3 Å². The number of furan rings is 1. The van der Waals surface area contributed by atoms with Gasteiger partial charge in [-0.15, -0.1) is 0 Å². The van der Waals surface area contributed by atoms with Crippen molar-refractivity contribution in [2.24, 2.45) is 0 Å². The van der Waals surface area contributed by atoms with Crippen LogP contribution in [0.2, 0.25) is 0 Å². The Labute approximate surface area is 98.5 Å². The SMILES string of the molecule is O=C(Cc1ccc[nH]1)NC(CO)c1ccco1. The largest absolute Gasteiger partial charge is 0.467 e. The minimum absolute atomic E-state index is 0.164. The van der Waals surface area contributed by atoms with E-state index in [1.807, 2.05) is 12.1 Å². The minimum atomic E-state index is -0.493. The third-order valence-electron chi connectivity index (χ3n) is 2.42. The molecule has 0 bridgehead atoms. The Bertz CT molecular complexity index is 448. The van der Waals surface area contributed by atoms with Gasteiger partial charge in [0, 0.05) is 11.9 Å². The summed E-state index contributed by atoms with van der Waals surface area (Å²) in [5.74, 6) is 0.384. The van der Waals surface area contributed by atoms with Gasteiger partial charge in [-0.2, -0.15) is 0 Å². The second kappa shape index (κ2) is 5.36. The highest BCUT2D eigenvalue weighted by molar-refractivity contribution is 5.78. The molecule has 0 saturated carbocycles. The van der Waals surface area contributed by atoms with E-state index in [4.69, 9.17) is 4.42 Å². The first-order chi connectivity index (χ1) is 8.29. The highest BCUT2D eigenvalue weighted by Gasteiger charge is 2.16. The third kappa shape index (κ3) is 2.98. The van der Waals surface area contributed by atoms with Gasteiger partial charge in [0.25, 0.3) is 0 Å². The molecule has 0 aliphatic heterocycles. The summed E-state index contributed by atoms with van der Waals surface area (Å²) in [5, 5.41) is 11.9. The highest BCUT2D eigenvalue weighted by atomic mass is 16.3. The predicted octanol–water partition coefficient (Wildman–Crippen LogP) is 1.000. The molecule has 0 aromatic carbocycles. The number of H-pyrrole nitrogens is 1. The quantitative estimate of drug-likeness (QED) is 0.722. The summed E-state index contributed by atoms with van der Waals surface area (Å²) in [4.78, 5) is 14.6. The van der Waals surface area contributed by atoms with Crippen LogP contribution in [0.4, 0.5) is 0 Å².